The monoisotopic (exact) mass is 381 g/mol. The maximum atomic E-state index is 13.6. The van der Waals surface area contributed by atoms with Crippen molar-refractivity contribution in [3.05, 3.63) is 59.4 Å². The summed E-state index contributed by atoms with van der Waals surface area (Å²) in [6.45, 7) is 2.96. The van der Waals surface area contributed by atoms with Gasteiger partial charge >= 0.3 is 5.97 Å². The van der Waals surface area contributed by atoms with Crippen LogP contribution in [0.3, 0.4) is 0 Å². The van der Waals surface area contributed by atoms with Crippen LogP contribution in [0, 0.1) is 29.0 Å². The van der Waals surface area contributed by atoms with E-state index in [1.54, 1.807) is 30.3 Å². The molecule has 5 heteroatoms. The summed E-state index contributed by atoms with van der Waals surface area (Å²) >= 11 is 0. The first-order chi connectivity index (χ1) is 13.6. The van der Waals surface area contributed by atoms with E-state index in [0.29, 0.717) is 18.1 Å². The molecule has 0 radical (unpaired) electrons. The summed E-state index contributed by atoms with van der Waals surface area (Å²) in [6.07, 6.45) is 6.25. The predicted molar refractivity (Wildman–Crippen MR) is 104 cm³/mol. The van der Waals surface area contributed by atoms with Crippen molar-refractivity contribution in [2.24, 2.45) is 11.8 Å². The molecule has 0 spiro atoms. The van der Waals surface area contributed by atoms with Crippen LogP contribution in [0.2, 0.25) is 0 Å². The van der Waals surface area contributed by atoms with Crippen LogP contribution in [-0.2, 0) is 0 Å². The predicted octanol–water partition coefficient (Wildman–Crippen LogP) is 5.51. The van der Waals surface area contributed by atoms with E-state index in [1.807, 2.05) is 0 Å². The van der Waals surface area contributed by atoms with E-state index in [9.17, 15) is 9.18 Å². The van der Waals surface area contributed by atoms with Crippen LogP contribution in [0.1, 0.15) is 54.9 Å². The lowest BCUT2D eigenvalue weighted by atomic mass is 9.81. The van der Waals surface area contributed by atoms with Crippen LogP contribution < -0.4 is 9.47 Å². The SMILES string of the molecule is CCC1CCC(COc2ccc(C(=O)Oc3ccc(C#N)c(F)c3)cc2)CC1. The van der Waals surface area contributed by atoms with Gasteiger partial charge in [0.05, 0.1) is 17.7 Å². The maximum absolute atomic E-state index is 13.6. The molecular weight excluding hydrogens is 357 g/mol. The van der Waals surface area contributed by atoms with E-state index in [-0.39, 0.29) is 11.3 Å². The van der Waals surface area contributed by atoms with E-state index in [1.165, 1.54) is 44.2 Å². The molecule has 0 saturated heterocycles. The Balaban J connectivity index is 1.51. The number of halogens is 1. The van der Waals surface area contributed by atoms with Gasteiger partial charge in [-0.15, -0.1) is 0 Å². The Morgan fingerprint density at radius 3 is 2.32 bits per heavy atom. The quantitative estimate of drug-likeness (QED) is 0.489. The van der Waals surface area contributed by atoms with Gasteiger partial charge in [0.15, 0.2) is 0 Å². The second-order valence-electron chi connectivity index (χ2n) is 7.27. The normalized spacial score (nSPS) is 18.9. The number of hydrogen-bond acceptors (Lipinski definition) is 4. The minimum absolute atomic E-state index is 0.0597. The molecule has 3 rings (SSSR count). The highest BCUT2D eigenvalue weighted by Crippen LogP contribution is 2.31. The van der Waals surface area contributed by atoms with Crippen LogP contribution in [0.5, 0.6) is 11.5 Å². The van der Waals surface area contributed by atoms with Gasteiger partial charge in [0.2, 0.25) is 0 Å². The van der Waals surface area contributed by atoms with Gasteiger partial charge in [-0.2, -0.15) is 5.26 Å². The summed E-state index contributed by atoms with van der Waals surface area (Å²) < 4.78 is 24.6. The average Bonchev–Trinajstić information content (AvgIpc) is 2.73. The van der Waals surface area contributed by atoms with Crippen LogP contribution in [-0.4, -0.2) is 12.6 Å². The highest BCUT2D eigenvalue weighted by molar-refractivity contribution is 5.91. The molecule has 0 amide bonds. The Labute approximate surface area is 164 Å². The molecule has 4 nitrogen and oxygen atoms in total. The fraction of sp³-hybridized carbons (Fsp3) is 0.391. The Bertz CT molecular complexity index is 849. The van der Waals surface area contributed by atoms with Crippen molar-refractivity contribution in [2.75, 3.05) is 6.61 Å². The number of carbonyl (C=O) groups is 1. The van der Waals surface area contributed by atoms with Gasteiger partial charge in [-0.25, -0.2) is 9.18 Å². The number of benzene rings is 2. The number of nitriles is 1. The van der Waals surface area contributed by atoms with E-state index in [0.717, 1.165) is 17.7 Å². The largest absolute Gasteiger partial charge is 0.493 e. The summed E-state index contributed by atoms with van der Waals surface area (Å²) in [7, 11) is 0. The van der Waals surface area contributed by atoms with Gasteiger partial charge in [0.1, 0.15) is 23.4 Å². The summed E-state index contributed by atoms with van der Waals surface area (Å²) in [5.41, 5.74) is 0.255. The molecule has 146 valence electrons. The highest BCUT2D eigenvalue weighted by Gasteiger charge is 2.20. The number of hydrogen-bond donors (Lipinski definition) is 0. The molecular formula is C23H24FNO3. The zero-order chi connectivity index (χ0) is 19.9. The maximum Gasteiger partial charge on any atom is 0.343 e. The second-order valence-corrected chi connectivity index (χ2v) is 7.27. The van der Waals surface area contributed by atoms with Gasteiger partial charge < -0.3 is 9.47 Å². The first-order valence-corrected chi connectivity index (χ1v) is 9.73. The number of rotatable bonds is 6. The van der Waals surface area contributed by atoms with Gasteiger partial charge in [-0.1, -0.05) is 26.2 Å². The lowest BCUT2D eigenvalue weighted by molar-refractivity contribution is 0.0734. The molecule has 0 aliphatic heterocycles. The summed E-state index contributed by atoms with van der Waals surface area (Å²) in [5, 5.41) is 8.74. The molecule has 0 aromatic heterocycles. The zero-order valence-corrected chi connectivity index (χ0v) is 16.0. The van der Waals surface area contributed by atoms with Gasteiger partial charge in [-0.3, -0.25) is 0 Å². The first-order valence-electron chi connectivity index (χ1n) is 9.73. The van der Waals surface area contributed by atoms with Crippen LogP contribution in [0.25, 0.3) is 0 Å². The summed E-state index contributed by atoms with van der Waals surface area (Å²) in [4.78, 5) is 12.2. The Morgan fingerprint density at radius 2 is 1.71 bits per heavy atom. The van der Waals surface area contributed by atoms with E-state index in [2.05, 4.69) is 6.92 Å². The van der Waals surface area contributed by atoms with Crippen molar-refractivity contribution in [3.8, 4) is 17.6 Å². The van der Waals surface area contributed by atoms with Crippen LogP contribution in [0.15, 0.2) is 42.5 Å². The van der Waals surface area contributed by atoms with Crippen LogP contribution >= 0.6 is 0 Å². The van der Waals surface area contributed by atoms with E-state index in [4.69, 9.17) is 14.7 Å². The Morgan fingerprint density at radius 1 is 1.07 bits per heavy atom. The fourth-order valence-electron chi connectivity index (χ4n) is 3.52. The number of nitrogens with zero attached hydrogens (tertiary/aromatic N) is 1. The number of carbonyl (C=O) groups excluding carboxylic acids is 1. The standard InChI is InChI=1S/C23H24FNO3/c1-2-16-3-5-17(6-4-16)15-27-20-10-7-18(8-11-20)23(26)28-21-12-9-19(14-25)22(24)13-21/h7-13,16-17H,2-6,15H2,1H3. The molecule has 0 heterocycles. The highest BCUT2D eigenvalue weighted by atomic mass is 19.1. The third kappa shape index (κ3) is 5.10. The minimum atomic E-state index is -0.718. The molecule has 0 bridgehead atoms. The number of ether oxygens (including phenoxy) is 2. The zero-order valence-electron chi connectivity index (χ0n) is 16.0. The minimum Gasteiger partial charge on any atom is -0.493 e. The second kappa shape index (κ2) is 9.36. The lowest BCUT2D eigenvalue weighted by Crippen LogP contribution is -2.19. The summed E-state index contributed by atoms with van der Waals surface area (Å²) in [5.74, 6) is 0.936. The van der Waals surface area contributed by atoms with Crippen molar-refractivity contribution >= 4 is 5.97 Å². The van der Waals surface area contributed by atoms with E-state index >= 15 is 0 Å². The third-order valence-electron chi connectivity index (χ3n) is 5.39. The Hall–Kier alpha value is -2.87. The molecule has 1 fully saturated rings. The molecule has 0 unspecified atom stereocenters. The molecule has 1 saturated carbocycles. The van der Waals surface area contributed by atoms with Crippen molar-refractivity contribution in [1.29, 1.82) is 5.26 Å². The Kier molecular flexibility index (Phi) is 6.65. The molecule has 1 aliphatic rings. The molecule has 0 atom stereocenters. The van der Waals surface area contributed by atoms with Crippen molar-refractivity contribution < 1.29 is 18.7 Å². The number of esters is 1. The third-order valence-corrected chi connectivity index (χ3v) is 5.39. The topological polar surface area (TPSA) is 59.3 Å². The van der Waals surface area contributed by atoms with Crippen molar-refractivity contribution in [1.82, 2.24) is 0 Å². The molecule has 28 heavy (non-hydrogen) atoms. The fourth-order valence-corrected chi connectivity index (χ4v) is 3.52. The van der Waals surface area contributed by atoms with Gasteiger partial charge in [0.25, 0.3) is 0 Å². The first kappa shape index (κ1) is 19.9. The van der Waals surface area contributed by atoms with E-state index < -0.39 is 11.8 Å². The van der Waals surface area contributed by atoms with Gasteiger partial charge in [0, 0.05) is 6.07 Å². The van der Waals surface area contributed by atoms with Gasteiger partial charge in [-0.05, 0) is 61.1 Å². The lowest BCUT2D eigenvalue weighted by Gasteiger charge is -2.27. The molecule has 2 aromatic carbocycles. The molecule has 1 aliphatic carbocycles. The van der Waals surface area contributed by atoms with Crippen molar-refractivity contribution in [3.63, 3.8) is 0 Å². The molecule has 0 N–H and O–H groups in total. The molecule has 2 aromatic rings. The smallest absolute Gasteiger partial charge is 0.343 e. The van der Waals surface area contributed by atoms with Crippen molar-refractivity contribution in [2.45, 2.75) is 39.0 Å². The average molecular weight is 381 g/mol. The van der Waals surface area contributed by atoms with Crippen LogP contribution in [0.4, 0.5) is 4.39 Å². The summed E-state index contributed by atoms with van der Waals surface area (Å²) in [6, 6.07) is 12.2.